The molecule has 2 aliphatic rings. The van der Waals surface area contributed by atoms with Crippen LogP contribution < -0.4 is 9.47 Å². The fourth-order valence-electron chi connectivity index (χ4n) is 3.63. The number of ether oxygens (including phenoxy) is 2. The van der Waals surface area contributed by atoms with Crippen molar-refractivity contribution in [1.29, 1.82) is 0 Å². The molecule has 0 N–H and O–H groups in total. The number of benzene rings is 2. The summed E-state index contributed by atoms with van der Waals surface area (Å²) >= 11 is 0. The summed E-state index contributed by atoms with van der Waals surface area (Å²) in [6, 6.07) is 10.0. The Morgan fingerprint density at radius 2 is 1.59 bits per heavy atom. The number of Topliss-reactive ketones (excluding diaryl/α,β-unsaturated/α-hetero) is 1. The first-order valence-corrected chi connectivity index (χ1v) is 9.11. The molecule has 2 aliphatic heterocycles. The Labute approximate surface area is 164 Å². The molecular weight excluding hydrogens is 369 g/mol. The normalized spacial score (nSPS) is 15.6. The van der Waals surface area contributed by atoms with Crippen LogP contribution in [0.2, 0.25) is 0 Å². The lowest BCUT2D eigenvalue weighted by Gasteiger charge is -2.19. The Kier molecular flexibility index (Phi) is 6.34. The first kappa shape index (κ1) is 19.6. The van der Waals surface area contributed by atoms with E-state index in [1.54, 1.807) is 12.1 Å². The second-order valence-corrected chi connectivity index (χ2v) is 6.85. The molecule has 4 nitrogen and oxygen atoms in total. The highest BCUT2D eigenvalue weighted by molar-refractivity contribution is 5.95. The molecule has 2 aromatic carbocycles. The van der Waals surface area contributed by atoms with Crippen LogP contribution in [0.25, 0.3) is 0 Å². The maximum atomic E-state index is 12.9. The highest BCUT2D eigenvalue weighted by Crippen LogP contribution is 2.36. The number of carbonyl (C=O) groups excluding carboxylic acids is 1. The molecule has 0 spiro atoms. The molecule has 0 aromatic heterocycles. The van der Waals surface area contributed by atoms with Gasteiger partial charge in [0.25, 0.3) is 0 Å². The summed E-state index contributed by atoms with van der Waals surface area (Å²) in [5, 5.41) is 0. The highest BCUT2D eigenvalue weighted by Gasteiger charge is 2.20. The van der Waals surface area contributed by atoms with Gasteiger partial charge < -0.3 is 14.4 Å². The molecule has 2 heterocycles. The molecule has 0 radical (unpaired) electrons. The summed E-state index contributed by atoms with van der Waals surface area (Å²) in [4.78, 5) is 14.6. The van der Waals surface area contributed by atoms with Crippen LogP contribution in [0.15, 0.2) is 36.4 Å². The third-order valence-corrected chi connectivity index (χ3v) is 5.13. The van der Waals surface area contributed by atoms with Crippen molar-refractivity contribution < 1.29 is 18.7 Å². The minimum absolute atomic E-state index is 0. The first-order chi connectivity index (χ1) is 12.7. The molecule has 2 aromatic rings. The minimum atomic E-state index is -0.313. The van der Waals surface area contributed by atoms with Crippen molar-refractivity contribution >= 4 is 18.2 Å². The van der Waals surface area contributed by atoms with E-state index in [9.17, 15) is 9.18 Å². The van der Waals surface area contributed by atoms with E-state index in [1.165, 1.54) is 23.3 Å². The van der Waals surface area contributed by atoms with Gasteiger partial charge in [-0.1, -0.05) is 0 Å². The molecule has 0 amide bonds. The highest BCUT2D eigenvalue weighted by atomic mass is 35.5. The molecule has 0 saturated heterocycles. The number of ketones is 1. The van der Waals surface area contributed by atoms with Gasteiger partial charge in [0.05, 0.1) is 0 Å². The van der Waals surface area contributed by atoms with E-state index in [0.717, 1.165) is 50.4 Å². The van der Waals surface area contributed by atoms with E-state index < -0.39 is 0 Å². The predicted molar refractivity (Wildman–Crippen MR) is 104 cm³/mol. The third kappa shape index (κ3) is 4.60. The van der Waals surface area contributed by atoms with E-state index in [1.807, 2.05) is 0 Å². The smallest absolute Gasteiger partial charge is 0.231 e. The Morgan fingerprint density at radius 3 is 2.19 bits per heavy atom. The molecule has 0 bridgehead atoms. The van der Waals surface area contributed by atoms with Crippen LogP contribution in [0, 0.1) is 5.82 Å². The van der Waals surface area contributed by atoms with Gasteiger partial charge in [-0.15, -0.1) is 12.4 Å². The average Bonchev–Trinajstić information content (AvgIpc) is 3.01. The van der Waals surface area contributed by atoms with Gasteiger partial charge >= 0.3 is 0 Å². The molecule has 4 rings (SSSR count). The van der Waals surface area contributed by atoms with Crippen LogP contribution in [-0.2, 0) is 12.8 Å². The van der Waals surface area contributed by atoms with Crippen molar-refractivity contribution in [2.24, 2.45) is 0 Å². The van der Waals surface area contributed by atoms with Crippen LogP contribution in [0.5, 0.6) is 11.5 Å². The van der Waals surface area contributed by atoms with Crippen LogP contribution in [-0.4, -0.2) is 37.1 Å². The summed E-state index contributed by atoms with van der Waals surface area (Å²) in [6.07, 6.45) is 3.27. The van der Waals surface area contributed by atoms with Gasteiger partial charge in [0.1, 0.15) is 5.82 Å². The van der Waals surface area contributed by atoms with Crippen LogP contribution in [0.3, 0.4) is 0 Å². The maximum absolute atomic E-state index is 12.9. The van der Waals surface area contributed by atoms with E-state index in [0.29, 0.717) is 18.8 Å². The number of hydrogen-bond acceptors (Lipinski definition) is 4. The molecule has 0 atom stereocenters. The van der Waals surface area contributed by atoms with Crippen molar-refractivity contribution in [2.45, 2.75) is 25.7 Å². The SMILES string of the molecule is Cl.O=C(CCCN1CCc2cc3c(cc2CC1)OCO3)c1ccc(F)cc1. The average molecular weight is 392 g/mol. The van der Waals surface area contributed by atoms with Gasteiger partial charge in [-0.2, -0.15) is 0 Å². The second-order valence-electron chi connectivity index (χ2n) is 6.85. The third-order valence-electron chi connectivity index (χ3n) is 5.13. The molecule has 0 unspecified atom stereocenters. The second kappa shape index (κ2) is 8.72. The van der Waals surface area contributed by atoms with Gasteiger partial charge in [0.15, 0.2) is 17.3 Å². The summed E-state index contributed by atoms with van der Waals surface area (Å²) in [6.45, 7) is 3.18. The molecule has 0 saturated carbocycles. The van der Waals surface area contributed by atoms with Gasteiger partial charge in [-0.3, -0.25) is 4.79 Å². The van der Waals surface area contributed by atoms with Crippen molar-refractivity contribution in [3.05, 3.63) is 58.9 Å². The predicted octanol–water partition coefficient (Wildman–Crippen LogP) is 4.04. The van der Waals surface area contributed by atoms with E-state index in [4.69, 9.17) is 9.47 Å². The zero-order valence-corrected chi connectivity index (χ0v) is 15.9. The van der Waals surface area contributed by atoms with Gasteiger partial charge in [0, 0.05) is 25.1 Å². The van der Waals surface area contributed by atoms with Crippen molar-refractivity contribution in [3.63, 3.8) is 0 Å². The lowest BCUT2D eigenvalue weighted by Crippen LogP contribution is -2.27. The van der Waals surface area contributed by atoms with E-state index in [2.05, 4.69) is 17.0 Å². The van der Waals surface area contributed by atoms with Crippen LogP contribution >= 0.6 is 12.4 Å². The number of nitrogens with zero attached hydrogens (tertiary/aromatic N) is 1. The quantitative estimate of drug-likeness (QED) is 0.721. The van der Waals surface area contributed by atoms with Gasteiger partial charge in [-0.05, 0) is 73.3 Å². The van der Waals surface area contributed by atoms with E-state index >= 15 is 0 Å². The monoisotopic (exact) mass is 391 g/mol. The van der Waals surface area contributed by atoms with Crippen molar-refractivity contribution in [3.8, 4) is 11.5 Å². The zero-order valence-electron chi connectivity index (χ0n) is 15.1. The lowest BCUT2D eigenvalue weighted by atomic mass is 10.0. The number of rotatable bonds is 5. The Balaban J connectivity index is 0.00000210. The number of hydrogen-bond donors (Lipinski definition) is 0. The first-order valence-electron chi connectivity index (χ1n) is 9.11. The Hall–Kier alpha value is -2.11. The van der Waals surface area contributed by atoms with Crippen molar-refractivity contribution in [2.75, 3.05) is 26.4 Å². The fourth-order valence-corrected chi connectivity index (χ4v) is 3.63. The summed E-state index contributed by atoms with van der Waals surface area (Å²) in [7, 11) is 0. The minimum Gasteiger partial charge on any atom is -0.454 e. The Bertz CT molecular complexity index is 775. The largest absolute Gasteiger partial charge is 0.454 e. The standard InChI is InChI=1S/C21H22FNO3.ClH/c22-18-5-3-15(4-6-18)19(24)2-1-9-23-10-7-16-12-20-21(26-14-25-20)13-17(16)8-11-23;/h3-6,12-13H,1-2,7-11,14H2;1H. The summed E-state index contributed by atoms with van der Waals surface area (Å²) in [5.74, 6) is 1.46. The van der Waals surface area contributed by atoms with Crippen molar-refractivity contribution in [1.82, 2.24) is 4.90 Å². The number of halogens is 2. The zero-order chi connectivity index (χ0) is 17.9. The van der Waals surface area contributed by atoms with Crippen LogP contribution in [0.1, 0.15) is 34.3 Å². The molecule has 0 fully saturated rings. The Morgan fingerprint density at radius 1 is 1.00 bits per heavy atom. The molecule has 6 heteroatoms. The fraction of sp³-hybridized carbons (Fsp3) is 0.381. The molecule has 27 heavy (non-hydrogen) atoms. The summed E-state index contributed by atoms with van der Waals surface area (Å²) in [5.41, 5.74) is 3.25. The number of carbonyl (C=O) groups is 1. The number of fused-ring (bicyclic) bond motifs is 2. The lowest BCUT2D eigenvalue weighted by molar-refractivity contribution is 0.0975. The maximum Gasteiger partial charge on any atom is 0.231 e. The van der Waals surface area contributed by atoms with Gasteiger partial charge in [0.2, 0.25) is 6.79 Å². The molecular formula is C21H23ClFNO3. The van der Waals surface area contributed by atoms with Crippen LogP contribution in [0.4, 0.5) is 4.39 Å². The molecule has 144 valence electrons. The van der Waals surface area contributed by atoms with Gasteiger partial charge in [-0.25, -0.2) is 4.39 Å². The molecule has 0 aliphatic carbocycles. The summed E-state index contributed by atoms with van der Waals surface area (Å²) < 4.78 is 23.9. The topological polar surface area (TPSA) is 38.8 Å². The van der Waals surface area contributed by atoms with E-state index in [-0.39, 0.29) is 24.0 Å².